The second-order valence-electron chi connectivity index (χ2n) is 6.67. The zero-order chi connectivity index (χ0) is 18.7. The van der Waals surface area contributed by atoms with E-state index >= 15 is 0 Å². The largest absolute Gasteiger partial charge is 0.447 e. The van der Waals surface area contributed by atoms with Crippen LogP contribution in [0, 0.1) is 11.3 Å². The third-order valence-electron chi connectivity index (χ3n) is 4.33. The summed E-state index contributed by atoms with van der Waals surface area (Å²) >= 11 is 6.02. The predicted octanol–water partition coefficient (Wildman–Crippen LogP) is 4.18. The van der Waals surface area contributed by atoms with Gasteiger partial charge in [-0.1, -0.05) is 11.6 Å². The van der Waals surface area contributed by atoms with E-state index in [1.165, 1.54) is 0 Å². The number of amides is 1. The summed E-state index contributed by atoms with van der Waals surface area (Å²) < 4.78 is 5.24. The van der Waals surface area contributed by atoms with Gasteiger partial charge >= 0.3 is 6.09 Å². The van der Waals surface area contributed by atoms with Gasteiger partial charge in [0.2, 0.25) is 0 Å². The van der Waals surface area contributed by atoms with Crippen LogP contribution >= 0.6 is 11.6 Å². The highest BCUT2D eigenvalue weighted by atomic mass is 35.5. The molecule has 0 spiro atoms. The monoisotopic (exact) mass is 372 g/mol. The van der Waals surface area contributed by atoms with Gasteiger partial charge in [-0.2, -0.15) is 5.26 Å². The standard InChI is InChI=1S/C19H21ClN4O2/c1-12(2)26-19(25)24-7-5-15(6-8-24)22-18-9-13(11-21)16-10-14(20)3-4-17(16)23-18/h3-4,9-10,12,15H,5-8H2,1-2H3,(H,22,23). The molecule has 26 heavy (non-hydrogen) atoms. The van der Waals surface area contributed by atoms with Gasteiger partial charge in [-0.15, -0.1) is 0 Å². The molecule has 1 fully saturated rings. The number of likely N-dealkylation sites (tertiary alicyclic amines) is 1. The molecule has 0 saturated carbocycles. The minimum Gasteiger partial charge on any atom is -0.447 e. The van der Waals surface area contributed by atoms with Gasteiger partial charge < -0.3 is 15.0 Å². The maximum Gasteiger partial charge on any atom is 0.410 e. The first-order valence-corrected chi connectivity index (χ1v) is 9.06. The van der Waals surface area contributed by atoms with Crippen LogP contribution < -0.4 is 5.32 Å². The van der Waals surface area contributed by atoms with E-state index in [1.54, 1.807) is 23.1 Å². The third kappa shape index (κ3) is 4.17. The summed E-state index contributed by atoms with van der Waals surface area (Å²) in [5.41, 5.74) is 1.27. The lowest BCUT2D eigenvalue weighted by Gasteiger charge is -2.32. The smallest absolute Gasteiger partial charge is 0.410 e. The molecular formula is C19H21ClN4O2. The Morgan fingerprint density at radius 2 is 2.12 bits per heavy atom. The molecule has 136 valence electrons. The van der Waals surface area contributed by atoms with Crippen LogP contribution in [0.2, 0.25) is 5.02 Å². The summed E-state index contributed by atoms with van der Waals surface area (Å²) in [7, 11) is 0. The zero-order valence-electron chi connectivity index (χ0n) is 14.8. The van der Waals surface area contributed by atoms with Crippen LogP contribution in [0.15, 0.2) is 24.3 Å². The van der Waals surface area contributed by atoms with E-state index in [1.807, 2.05) is 19.9 Å². The molecule has 2 aromatic rings. The van der Waals surface area contributed by atoms with Crippen LogP contribution in [0.4, 0.5) is 10.6 Å². The molecule has 1 saturated heterocycles. The highest BCUT2D eigenvalue weighted by molar-refractivity contribution is 6.31. The minimum atomic E-state index is -0.258. The van der Waals surface area contributed by atoms with Crippen LogP contribution in [0.5, 0.6) is 0 Å². The number of nitrogens with one attached hydrogen (secondary N) is 1. The first-order chi connectivity index (χ1) is 12.5. The van der Waals surface area contributed by atoms with Crippen molar-refractivity contribution in [3.05, 3.63) is 34.9 Å². The van der Waals surface area contributed by atoms with Crippen molar-refractivity contribution in [2.24, 2.45) is 0 Å². The van der Waals surface area contributed by atoms with E-state index in [4.69, 9.17) is 16.3 Å². The van der Waals surface area contributed by atoms with Crippen LogP contribution in [0.3, 0.4) is 0 Å². The zero-order valence-corrected chi connectivity index (χ0v) is 15.6. The molecule has 0 unspecified atom stereocenters. The lowest BCUT2D eigenvalue weighted by molar-refractivity contribution is 0.0701. The summed E-state index contributed by atoms with van der Waals surface area (Å²) in [5, 5.41) is 14.1. The lowest BCUT2D eigenvalue weighted by atomic mass is 10.0. The van der Waals surface area contributed by atoms with E-state index in [-0.39, 0.29) is 18.2 Å². The number of halogens is 1. The number of hydrogen-bond acceptors (Lipinski definition) is 5. The van der Waals surface area contributed by atoms with E-state index < -0.39 is 0 Å². The topological polar surface area (TPSA) is 78.2 Å². The van der Waals surface area contributed by atoms with Crippen molar-refractivity contribution in [1.29, 1.82) is 5.26 Å². The number of nitrogens with zero attached hydrogens (tertiary/aromatic N) is 3. The number of carbonyl (C=O) groups is 1. The summed E-state index contributed by atoms with van der Waals surface area (Å²) in [6.45, 7) is 4.96. The number of piperidine rings is 1. The fraction of sp³-hybridized carbons (Fsp3) is 0.421. The van der Waals surface area contributed by atoms with Crippen LogP contribution in [-0.4, -0.2) is 41.2 Å². The van der Waals surface area contributed by atoms with Gasteiger partial charge in [0.15, 0.2) is 0 Å². The van der Waals surface area contributed by atoms with Crippen molar-refractivity contribution in [2.75, 3.05) is 18.4 Å². The number of pyridine rings is 1. The Labute approximate surface area is 157 Å². The number of fused-ring (bicyclic) bond motifs is 1. The molecule has 1 aromatic heterocycles. The second kappa shape index (κ2) is 7.79. The molecule has 0 bridgehead atoms. The van der Waals surface area contributed by atoms with Crippen molar-refractivity contribution < 1.29 is 9.53 Å². The molecule has 3 rings (SSSR count). The average Bonchev–Trinajstić information content (AvgIpc) is 2.61. The molecule has 0 aliphatic carbocycles. The summed E-state index contributed by atoms with van der Waals surface area (Å²) in [6.07, 6.45) is 1.23. The number of hydrogen-bond donors (Lipinski definition) is 1. The van der Waals surface area contributed by atoms with Crippen molar-refractivity contribution in [2.45, 2.75) is 38.8 Å². The Kier molecular flexibility index (Phi) is 5.48. The summed E-state index contributed by atoms with van der Waals surface area (Å²) in [6, 6.07) is 9.48. The number of ether oxygens (including phenoxy) is 1. The normalized spacial score (nSPS) is 15.1. The highest BCUT2D eigenvalue weighted by Crippen LogP contribution is 2.25. The predicted molar refractivity (Wildman–Crippen MR) is 101 cm³/mol. The van der Waals surface area contributed by atoms with E-state index in [9.17, 15) is 10.1 Å². The first kappa shape index (κ1) is 18.3. The SMILES string of the molecule is CC(C)OC(=O)N1CCC(Nc2cc(C#N)c3cc(Cl)ccc3n2)CC1. The summed E-state index contributed by atoms with van der Waals surface area (Å²) in [4.78, 5) is 18.3. The van der Waals surface area contributed by atoms with Gasteiger partial charge in [-0.3, -0.25) is 0 Å². The summed E-state index contributed by atoms with van der Waals surface area (Å²) in [5.74, 6) is 0.666. The molecular weight excluding hydrogens is 352 g/mol. The van der Waals surface area contributed by atoms with Crippen molar-refractivity contribution in [3.8, 4) is 6.07 Å². The molecule has 0 radical (unpaired) electrons. The maximum atomic E-state index is 12.0. The van der Waals surface area contributed by atoms with Crippen molar-refractivity contribution in [3.63, 3.8) is 0 Å². The van der Waals surface area contributed by atoms with Gasteiger partial charge in [0.25, 0.3) is 0 Å². The number of nitriles is 1. The maximum absolute atomic E-state index is 12.0. The number of benzene rings is 1. The van der Waals surface area contributed by atoms with Gasteiger partial charge in [0.05, 0.1) is 23.3 Å². The number of carbonyl (C=O) groups excluding carboxylic acids is 1. The number of rotatable bonds is 3. The Balaban J connectivity index is 1.68. The minimum absolute atomic E-state index is 0.113. The molecule has 0 atom stereocenters. The fourth-order valence-corrected chi connectivity index (χ4v) is 3.23. The quantitative estimate of drug-likeness (QED) is 0.874. The Hall–Kier alpha value is -2.52. The Morgan fingerprint density at radius 3 is 2.77 bits per heavy atom. The number of anilines is 1. The fourth-order valence-electron chi connectivity index (χ4n) is 3.06. The average molecular weight is 373 g/mol. The van der Waals surface area contributed by atoms with E-state index in [2.05, 4.69) is 16.4 Å². The van der Waals surface area contributed by atoms with Crippen molar-refractivity contribution >= 4 is 34.4 Å². The lowest BCUT2D eigenvalue weighted by Crippen LogP contribution is -2.43. The van der Waals surface area contributed by atoms with E-state index in [0.29, 0.717) is 29.5 Å². The van der Waals surface area contributed by atoms with Crippen molar-refractivity contribution in [1.82, 2.24) is 9.88 Å². The van der Waals surface area contributed by atoms with Crippen LogP contribution in [0.25, 0.3) is 10.9 Å². The molecule has 6 nitrogen and oxygen atoms in total. The molecule has 1 aromatic carbocycles. The van der Waals surface area contributed by atoms with Crippen LogP contribution in [-0.2, 0) is 4.74 Å². The van der Waals surface area contributed by atoms with Gasteiger partial charge in [-0.25, -0.2) is 9.78 Å². The molecule has 1 aliphatic rings. The van der Waals surface area contributed by atoms with Gasteiger partial charge in [0.1, 0.15) is 5.82 Å². The molecule has 7 heteroatoms. The molecule has 1 N–H and O–H groups in total. The van der Waals surface area contributed by atoms with Gasteiger partial charge in [-0.05, 0) is 51.0 Å². The molecule has 1 aliphatic heterocycles. The number of aromatic nitrogens is 1. The Morgan fingerprint density at radius 1 is 1.38 bits per heavy atom. The second-order valence-corrected chi connectivity index (χ2v) is 7.10. The molecule has 1 amide bonds. The first-order valence-electron chi connectivity index (χ1n) is 8.69. The highest BCUT2D eigenvalue weighted by Gasteiger charge is 2.24. The Bertz CT molecular complexity index is 854. The third-order valence-corrected chi connectivity index (χ3v) is 4.57. The van der Waals surface area contributed by atoms with E-state index in [0.717, 1.165) is 23.7 Å². The van der Waals surface area contributed by atoms with Gasteiger partial charge in [0, 0.05) is 29.5 Å². The molecule has 2 heterocycles. The van der Waals surface area contributed by atoms with Crippen LogP contribution in [0.1, 0.15) is 32.3 Å².